The van der Waals surface area contributed by atoms with Gasteiger partial charge in [0.2, 0.25) is 0 Å². The van der Waals surface area contributed by atoms with E-state index in [4.69, 9.17) is 0 Å². The molecule has 0 spiro atoms. The molecular weight excluding hydrogens is 392 g/mol. The third-order valence-electron chi connectivity index (χ3n) is 6.22. The van der Waals surface area contributed by atoms with E-state index in [1.165, 1.54) is 44.8 Å². The van der Waals surface area contributed by atoms with Crippen molar-refractivity contribution in [2.45, 2.75) is 69.2 Å². The summed E-state index contributed by atoms with van der Waals surface area (Å²) in [5.74, 6) is 2.27. The summed E-state index contributed by atoms with van der Waals surface area (Å²) in [6, 6.07) is 9.03. The van der Waals surface area contributed by atoms with Crippen LogP contribution in [0.4, 0.5) is 11.4 Å². The molecule has 2 aromatic carbocycles. The molecule has 2 N–H and O–H groups in total. The van der Waals surface area contributed by atoms with Crippen LogP contribution in [0.25, 0.3) is 0 Å². The zero-order valence-electron chi connectivity index (χ0n) is 22.0. The van der Waals surface area contributed by atoms with Crippen LogP contribution in [-0.4, -0.2) is 36.0 Å². The van der Waals surface area contributed by atoms with Crippen LogP contribution in [-0.2, 0) is 0 Å². The van der Waals surface area contributed by atoms with Gasteiger partial charge in [-0.25, -0.2) is 0 Å². The lowest BCUT2D eigenvalue weighted by Gasteiger charge is -2.35. The summed E-state index contributed by atoms with van der Waals surface area (Å²) < 4.78 is 0. The van der Waals surface area contributed by atoms with Crippen molar-refractivity contribution in [3.63, 3.8) is 0 Å². The number of rotatable bonds is 10. The molecule has 2 aromatic rings. The molecule has 0 saturated heterocycles. The number of hydrogen-bond donors (Lipinski definition) is 2. The van der Waals surface area contributed by atoms with Gasteiger partial charge in [0.15, 0.2) is 0 Å². The average Bonchev–Trinajstić information content (AvgIpc) is 2.72. The van der Waals surface area contributed by atoms with E-state index in [0.29, 0.717) is 0 Å². The van der Waals surface area contributed by atoms with Crippen molar-refractivity contribution >= 4 is 11.4 Å². The molecule has 0 saturated carbocycles. The van der Waals surface area contributed by atoms with Gasteiger partial charge in [-0.2, -0.15) is 0 Å². The first-order valence-corrected chi connectivity index (χ1v) is 12.1. The number of nitrogens with one attached hydrogen (secondary N) is 2. The van der Waals surface area contributed by atoms with E-state index in [0.717, 1.165) is 37.8 Å². The van der Waals surface area contributed by atoms with Crippen LogP contribution < -0.4 is 10.6 Å². The van der Waals surface area contributed by atoms with E-state index in [2.05, 4.69) is 114 Å². The maximum atomic E-state index is 3.87. The SMILES string of the molecule is CCN(CC)/C(Nc1c(C)cc(C)cc1C)=C(/Nc1c(C)cc(C)cc1C)N(CC)CC. The van der Waals surface area contributed by atoms with Crippen molar-refractivity contribution in [2.75, 3.05) is 36.8 Å². The van der Waals surface area contributed by atoms with Gasteiger partial charge in [0.25, 0.3) is 0 Å². The minimum absolute atomic E-state index is 0.932. The molecule has 0 aliphatic heterocycles. The standard InChI is InChI=1S/C28H44N4/c1-11-31(12-2)27(29-25-21(7)15-19(5)16-22(25)8)28(32(13-3)14-4)30-26-23(9)17-20(6)18-24(26)10/h15-18,29-30H,11-14H2,1-10H3/b28-27-. The fourth-order valence-electron chi connectivity index (χ4n) is 4.65. The minimum atomic E-state index is 0.932. The van der Waals surface area contributed by atoms with E-state index in [9.17, 15) is 0 Å². The van der Waals surface area contributed by atoms with E-state index in [1.54, 1.807) is 0 Å². The van der Waals surface area contributed by atoms with Crippen molar-refractivity contribution in [3.05, 3.63) is 69.3 Å². The highest BCUT2D eigenvalue weighted by molar-refractivity contribution is 5.64. The Hall–Kier alpha value is -2.62. The van der Waals surface area contributed by atoms with E-state index < -0.39 is 0 Å². The quantitative estimate of drug-likeness (QED) is 0.425. The van der Waals surface area contributed by atoms with Crippen molar-refractivity contribution in [1.29, 1.82) is 0 Å². The summed E-state index contributed by atoms with van der Waals surface area (Å²) in [4.78, 5) is 4.83. The van der Waals surface area contributed by atoms with Gasteiger partial charge in [0, 0.05) is 37.6 Å². The molecule has 0 fully saturated rings. The largest absolute Gasteiger partial charge is 0.356 e. The van der Waals surface area contributed by atoms with E-state index >= 15 is 0 Å². The Kier molecular flexibility index (Phi) is 9.06. The molecule has 0 atom stereocenters. The number of anilines is 2. The third kappa shape index (κ3) is 5.79. The normalized spacial score (nSPS) is 11.8. The first kappa shape index (κ1) is 25.6. The molecule has 4 heteroatoms. The Balaban J connectivity index is 2.74. The van der Waals surface area contributed by atoms with Crippen molar-refractivity contribution in [2.24, 2.45) is 0 Å². The second kappa shape index (κ2) is 11.3. The van der Waals surface area contributed by atoms with Crippen LogP contribution in [0.5, 0.6) is 0 Å². The summed E-state index contributed by atoms with van der Waals surface area (Å²) in [5.41, 5.74) is 10.1. The maximum Gasteiger partial charge on any atom is 0.148 e. The van der Waals surface area contributed by atoms with Gasteiger partial charge in [-0.1, -0.05) is 35.4 Å². The fraction of sp³-hybridized carbons (Fsp3) is 0.500. The Bertz CT molecular complexity index is 826. The molecule has 0 aliphatic rings. The van der Waals surface area contributed by atoms with Gasteiger partial charge in [-0.05, 0) is 91.5 Å². The molecule has 0 aromatic heterocycles. The van der Waals surface area contributed by atoms with Gasteiger partial charge in [0.05, 0.1) is 0 Å². The smallest absolute Gasteiger partial charge is 0.148 e. The third-order valence-corrected chi connectivity index (χ3v) is 6.22. The highest BCUT2D eigenvalue weighted by Crippen LogP contribution is 2.29. The van der Waals surface area contributed by atoms with Crippen molar-refractivity contribution < 1.29 is 0 Å². The molecule has 0 bridgehead atoms. The molecule has 0 aliphatic carbocycles. The lowest BCUT2D eigenvalue weighted by atomic mass is 10.0. The molecule has 0 unspecified atom stereocenters. The molecular formula is C28H44N4. The highest BCUT2D eigenvalue weighted by atomic mass is 15.3. The average molecular weight is 437 g/mol. The van der Waals surface area contributed by atoms with Crippen molar-refractivity contribution in [3.8, 4) is 0 Å². The van der Waals surface area contributed by atoms with Crippen molar-refractivity contribution in [1.82, 2.24) is 9.80 Å². The predicted molar refractivity (Wildman–Crippen MR) is 141 cm³/mol. The molecule has 2 rings (SSSR count). The second-order valence-electron chi connectivity index (χ2n) is 8.84. The van der Waals surface area contributed by atoms with Crippen LogP contribution in [0.2, 0.25) is 0 Å². The van der Waals surface area contributed by atoms with Gasteiger partial charge in [0.1, 0.15) is 11.6 Å². The molecule has 32 heavy (non-hydrogen) atoms. The van der Waals surface area contributed by atoms with Crippen LogP contribution in [0, 0.1) is 41.5 Å². The van der Waals surface area contributed by atoms with Crippen LogP contribution in [0.15, 0.2) is 35.9 Å². The highest BCUT2D eigenvalue weighted by Gasteiger charge is 2.21. The van der Waals surface area contributed by atoms with Gasteiger partial charge < -0.3 is 20.4 Å². The molecule has 0 radical (unpaired) electrons. The van der Waals surface area contributed by atoms with Gasteiger partial charge >= 0.3 is 0 Å². The summed E-state index contributed by atoms with van der Waals surface area (Å²) in [7, 11) is 0. The summed E-state index contributed by atoms with van der Waals surface area (Å²) in [6.45, 7) is 25.7. The molecule has 0 heterocycles. The maximum absolute atomic E-state index is 3.87. The summed E-state index contributed by atoms with van der Waals surface area (Å²) in [6.07, 6.45) is 0. The molecule has 4 nitrogen and oxygen atoms in total. The lowest BCUT2D eigenvalue weighted by molar-refractivity contribution is 0.332. The zero-order valence-corrected chi connectivity index (χ0v) is 22.0. The minimum Gasteiger partial charge on any atom is -0.356 e. The summed E-state index contributed by atoms with van der Waals surface area (Å²) in [5, 5.41) is 7.73. The lowest BCUT2D eigenvalue weighted by Crippen LogP contribution is -2.37. The first-order valence-electron chi connectivity index (χ1n) is 12.1. The van der Waals surface area contributed by atoms with Gasteiger partial charge in [-0.3, -0.25) is 0 Å². The topological polar surface area (TPSA) is 30.5 Å². The summed E-state index contributed by atoms with van der Waals surface area (Å²) >= 11 is 0. The number of nitrogens with zero attached hydrogens (tertiary/aromatic N) is 2. The number of aryl methyl sites for hydroxylation is 6. The molecule has 0 amide bonds. The molecule has 176 valence electrons. The fourth-order valence-corrected chi connectivity index (χ4v) is 4.65. The van der Waals surface area contributed by atoms with Gasteiger partial charge in [-0.15, -0.1) is 0 Å². The van der Waals surface area contributed by atoms with Crippen LogP contribution in [0.1, 0.15) is 61.1 Å². The Morgan fingerprint density at radius 3 is 1.00 bits per heavy atom. The number of benzene rings is 2. The van der Waals surface area contributed by atoms with Crippen LogP contribution in [0.3, 0.4) is 0 Å². The van der Waals surface area contributed by atoms with E-state index in [-0.39, 0.29) is 0 Å². The predicted octanol–water partition coefficient (Wildman–Crippen LogP) is 6.87. The van der Waals surface area contributed by atoms with Crippen LogP contribution >= 0.6 is 0 Å². The zero-order chi connectivity index (χ0) is 24.0. The Morgan fingerprint density at radius 2 is 0.781 bits per heavy atom. The van der Waals surface area contributed by atoms with E-state index in [1.807, 2.05) is 0 Å². The first-order chi connectivity index (χ1) is 15.2. The second-order valence-corrected chi connectivity index (χ2v) is 8.84. The monoisotopic (exact) mass is 436 g/mol. The Labute approximate surface area is 196 Å². The number of hydrogen-bond acceptors (Lipinski definition) is 4. The Morgan fingerprint density at radius 1 is 0.531 bits per heavy atom.